The van der Waals surface area contributed by atoms with Crippen LogP contribution in [0.25, 0.3) is 0 Å². The highest BCUT2D eigenvalue weighted by Crippen LogP contribution is 2.24. The van der Waals surface area contributed by atoms with Crippen LogP contribution >= 0.6 is 11.6 Å². The molecule has 1 heterocycles. The molecule has 2 aromatic rings. The average Bonchev–Trinajstić information content (AvgIpc) is 2.67. The summed E-state index contributed by atoms with van der Waals surface area (Å²) >= 11 is 5.82. The summed E-state index contributed by atoms with van der Waals surface area (Å²) in [7, 11) is 1.73. The fourth-order valence-electron chi connectivity index (χ4n) is 1.50. The first-order valence-corrected chi connectivity index (χ1v) is 5.31. The van der Waals surface area contributed by atoms with Crippen molar-refractivity contribution in [3.05, 3.63) is 40.9 Å². The molecule has 0 aliphatic carbocycles. The van der Waals surface area contributed by atoms with Gasteiger partial charge in [-0.15, -0.1) is 0 Å². The van der Waals surface area contributed by atoms with Crippen LogP contribution in [0.4, 0.5) is 15.9 Å². The molecule has 4 nitrogen and oxygen atoms in total. The number of halogens is 2. The second kappa shape index (κ2) is 4.63. The molecule has 0 saturated carbocycles. The lowest BCUT2D eigenvalue weighted by Gasteiger charge is -2.18. The Morgan fingerprint density at radius 1 is 1.47 bits per heavy atom. The maximum atomic E-state index is 13.6. The SMILES string of the molecule is CN(Cc1cc(N)no1)c1cc(Cl)ccc1F. The summed E-state index contributed by atoms with van der Waals surface area (Å²) in [5, 5.41) is 4.04. The van der Waals surface area contributed by atoms with Gasteiger partial charge in [0.1, 0.15) is 5.82 Å². The molecule has 0 aliphatic heterocycles. The molecule has 0 unspecified atom stereocenters. The monoisotopic (exact) mass is 255 g/mol. The first-order chi connectivity index (χ1) is 8.06. The fourth-order valence-corrected chi connectivity index (χ4v) is 1.67. The fraction of sp³-hybridized carbons (Fsp3) is 0.182. The van der Waals surface area contributed by atoms with Crippen molar-refractivity contribution in [2.45, 2.75) is 6.54 Å². The highest BCUT2D eigenvalue weighted by atomic mass is 35.5. The Morgan fingerprint density at radius 2 is 2.24 bits per heavy atom. The Kier molecular flexibility index (Phi) is 3.19. The third-order valence-electron chi connectivity index (χ3n) is 2.29. The van der Waals surface area contributed by atoms with Crippen molar-refractivity contribution < 1.29 is 8.91 Å². The highest BCUT2D eigenvalue weighted by molar-refractivity contribution is 6.30. The van der Waals surface area contributed by atoms with E-state index in [1.54, 1.807) is 24.1 Å². The van der Waals surface area contributed by atoms with Gasteiger partial charge in [0.2, 0.25) is 0 Å². The summed E-state index contributed by atoms with van der Waals surface area (Å²) in [5.41, 5.74) is 5.82. The Balaban J connectivity index is 2.19. The van der Waals surface area contributed by atoms with E-state index < -0.39 is 0 Å². The first-order valence-electron chi connectivity index (χ1n) is 4.93. The zero-order valence-corrected chi connectivity index (χ0v) is 9.91. The zero-order chi connectivity index (χ0) is 12.4. The molecule has 0 atom stereocenters. The van der Waals surface area contributed by atoms with Gasteiger partial charge in [-0.05, 0) is 18.2 Å². The minimum atomic E-state index is -0.343. The molecule has 0 bridgehead atoms. The molecule has 0 spiro atoms. The molecule has 90 valence electrons. The van der Waals surface area contributed by atoms with Crippen LogP contribution < -0.4 is 10.6 Å². The van der Waals surface area contributed by atoms with Gasteiger partial charge in [0.15, 0.2) is 11.6 Å². The van der Waals surface area contributed by atoms with Gasteiger partial charge in [-0.1, -0.05) is 16.8 Å². The summed E-state index contributed by atoms with van der Waals surface area (Å²) in [6.07, 6.45) is 0. The minimum Gasteiger partial charge on any atom is -0.381 e. The molecule has 6 heteroatoms. The predicted molar refractivity (Wildman–Crippen MR) is 64.4 cm³/mol. The minimum absolute atomic E-state index is 0.306. The van der Waals surface area contributed by atoms with E-state index in [2.05, 4.69) is 5.16 Å². The molecular formula is C11H11ClFN3O. The zero-order valence-electron chi connectivity index (χ0n) is 9.15. The molecular weight excluding hydrogens is 245 g/mol. The number of nitrogens with two attached hydrogens (primary N) is 1. The first kappa shape index (κ1) is 11.7. The van der Waals surface area contributed by atoms with E-state index in [4.69, 9.17) is 21.9 Å². The van der Waals surface area contributed by atoms with E-state index in [9.17, 15) is 4.39 Å². The van der Waals surface area contributed by atoms with Crippen molar-refractivity contribution in [3.8, 4) is 0 Å². The number of rotatable bonds is 3. The van der Waals surface area contributed by atoms with E-state index >= 15 is 0 Å². The molecule has 0 fully saturated rings. The van der Waals surface area contributed by atoms with E-state index in [0.29, 0.717) is 28.8 Å². The Hall–Kier alpha value is -1.75. The van der Waals surface area contributed by atoms with Crippen LogP contribution in [0, 0.1) is 5.82 Å². The number of aromatic nitrogens is 1. The average molecular weight is 256 g/mol. The van der Waals surface area contributed by atoms with E-state index in [0.717, 1.165) is 0 Å². The number of hydrogen-bond donors (Lipinski definition) is 1. The molecule has 2 N–H and O–H groups in total. The Labute approximate surface area is 103 Å². The van der Waals surface area contributed by atoms with Crippen molar-refractivity contribution in [1.82, 2.24) is 5.16 Å². The lowest BCUT2D eigenvalue weighted by molar-refractivity contribution is 0.385. The summed E-state index contributed by atoms with van der Waals surface area (Å²) in [6.45, 7) is 0.363. The molecule has 0 amide bonds. The van der Waals surface area contributed by atoms with Crippen LogP contribution in [0.5, 0.6) is 0 Å². The van der Waals surface area contributed by atoms with Crippen molar-refractivity contribution in [3.63, 3.8) is 0 Å². The third-order valence-corrected chi connectivity index (χ3v) is 2.52. The smallest absolute Gasteiger partial charge is 0.167 e. The maximum absolute atomic E-state index is 13.6. The molecule has 1 aromatic carbocycles. The number of hydrogen-bond acceptors (Lipinski definition) is 4. The summed E-state index contributed by atoms with van der Waals surface area (Å²) in [5.74, 6) is 0.522. The largest absolute Gasteiger partial charge is 0.381 e. The van der Waals surface area contributed by atoms with Gasteiger partial charge in [-0.3, -0.25) is 0 Å². The van der Waals surface area contributed by atoms with E-state index in [1.807, 2.05) is 0 Å². The van der Waals surface area contributed by atoms with Gasteiger partial charge in [-0.25, -0.2) is 4.39 Å². The summed E-state index contributed by atoms with van der Waals surface area (Å²) in [6, 6.07) is 5.97. The second-order valence-electron chi connectivity index (χ2n) is 3.67. The Morgan fingerprint density at radius 3 is 2.88 bits per heavy atom. The van der Waals surface area contributed by atoms with Crippen LogP contribution in [0.15, 0.2) is 28.8 Å². The van der Waals surface area contributed by atoms with Crippen LogP contribution in [-0.2, 0) is 6.54 Å². The third kappa shape index (κ3) is 2.68. The molecule has 0 saturated heterocycles. The van der Waals surface area contributed by atoms with Gasteiger partial charge >= 0.3 is 0 Å². The quantitative estimate of drug-likeness (QED) is 0.916. The van der Waals surface area contributed by atoms with Crippen molar-refractivity contribution in [1.29, 1.82) is 0 Å². The topological polar surface area (TPSA) is 55.3 Å². The van der Waals surface area contributed by atoms with Gasteiger partial charge in [0, 0.05) is 18.1 Å². The van der Waals surface area contributed by atoms with Crippen LogP contribution in [0.3, 0.4) is 0 Å². The molecule has 2 rings (SSSR count). The normalized spacial score (nSPS) is 10.5. The number of benzene rings is 1. The molecule has 0 aliphatic rings. The van der Waals surface area contributed by atoms with Crippen LogP contribution in [0.1, 0.15) is 5.76 Å². The van der Waals surface area contributed by atoms with Gasteiger partial charge in [0.25, 0.3) is 0 Å². The standard InChI is InChI=1S/C11H11ClFN3O/c1-16(6-8-5-11(14)15-17-8)10-4-7(12)2-3-9(10)13/h2-5H,6H2,1H3,(H2,14,15). The maximum Gasteiger partial charge on any atom is 0.167 e. The van der Waals surface area contributed by atoms with Crippen molar-refractivity contribution >= 4 is 23.1 Å². The molecule has 17 heavy (non-hydrogen) atoms. The van der Waals surface area contributed by atoms with E-state index in [-0.39, 0.29) is 5.82 Å². The number of anilines is 2. The van der Waals surface area contributed by atoms with E-state index in [1.165, 1.54) is 12.1 Å². The molecule has 0 radical (unpaired) electrons. The predicted octanol–water partition coefficient (Wildman–Crippen LogP) is 2.69. The highest BCUT2D eigenvalue weighted by Gasteiger charge is 2.11. The van der Waals surface area contributed by atoms with Gasteiger partial charge in [0.05, 0.1) is 12.2 Å². The van der Waals surface area contributed by atoms with Gasteiger partial charge < -0.3 is 15.2 Å². The van der Waals surface area contributed by atoms with Crippen LogP contribution in [0.2, 0.25) is 5.02 Å². The Bertz CT molecular complexity index is 529. The number of nitrogen functional groups attached to an aromatic ring is 1. The van der Waals surface area contributed by atoms with Crippen LogP contribution in [-0.4, -0.2) is 12.2 Å². The molecule has 1 aromatic heterocycles. The second-order valence-corrected chi connectivity index (χ2v) is 4.11. The lowest BCUT2D eigenvalue weighted by atomic mass is 10.2. The van der Waals surface area contributed by atoms with Crippen molar-refractivity contribution in [2.75, 3.05) is 17.7 Å². The van der Waals surface area contributed by atoms with Crippen molar-refractivity contribution in [2.24, 2.45) is 0 Å². The lowest BCUT2D eigenvalue weighted by Crippen LogP contribution is -2.17. The summed E-state index contributed by atoms with van der Waals surface area (Å²) < 4.78 is 18.5. The van der Waals surface area contributed by atoms with Gasteiger partial charge in [-0.2, -0.15) is 0 Å². The number of nitrogens with zero attached hydrogens (tertiary/aromatic N) is 2. The summed E-state index contributed by atoms with van der Waals surface area (Å²) in [4.78, 5) is 1.67.